The highest BCUT2D eigenvalue weighted by molar-refractivity contribution is 5.80. The van der Waals surface area contributed by atoms with Gasteiger partial charge in [0, 0.05) is 12.1 Å². The van der Waals surface area contributed by atoms with E-state index in [4.69, 9.17) is 4.74 Å². The van der Waals surface area contributed by atoms with Crippen molar-refractivity contribution in [3.05, 3.63) is 29.3 Å². The molecule has 0 saturated heterocycles. The summed E-state index contributed by atoms with van der Waals surface area (Å²) in [6.45, 7) is 8.18. The molecule has 1 aromatic carbocycles. The van der Waals surface area contributed by atoms with Crippen LogP contribution < -0.4 is 10.1 Å². The van der Waals surface area contributed by atoms with E-state index < -0.39 is 12.2 Å². The van der Waals surface area contributed by atoms with Crippen molar-refractivity contribution < 1.29 is 14.6 Å². The maximum atomic E-state index is 12.0. The predicted molar refractivity (Wildman–Crippen MR) is 84.4 cm³/mol. The number of rotatable bonds is 8. The Kier molecular flexibility index (Phi) is 7.23. The highest BCUT2D eigenvalue weighted by Gasteiger charge is 2.17. The predicted octanol–water partition coefficient (Wildman–Crippen LogP) is 3.12. The SMILES string of the molecule is CCCCCNC(=O)C(C)Oc1ccc(C)cc1C(C)O. The van der Waals surface area contributed by atoms with E-state index in [9.17, 15) is 9.90 Å². The van der Waals surface area contributed by atoms with Crippen LogP contribution in [0.3, 0.4) is 0 Å². The Morgan fingerprint density at radius 3 is 2.67 bits per heavy atom. The Bertz CT molecular complexity index is 457. The summed E-state index contributed by atoms with van der Waals surface area (Å²) in [6, 6.07) is 5.59. The molecular weight excluding hydrogens is 266 g/mol. The fourth-order valence-electron chi connectivity index (χ4n) is 2.08. The number of aryl methyl sites for hydroxylation is 1. The normalized spacial score (nSPS) is 13.6. The Hall–Kier alpha value is -1.55. The summed E-state index contributed by atoms with van der Waals surface area (Å²) in [6.07, 6.45) is 2.02. The van der Waals surface area contributed by atoms with E-state index in [2.05, 4.69) is 12.2 Å². The highest BCUT2D eigenvalue weighted by Crippen LogP contribution is 2.27. The number of aliphatic hydroxyl groups is 1. The molecule has 0 heterocycles. The first kappa shape index (κ1) is 17.5. The van der Waals surface area contributed by atoms with Crippen LogP contribution in [-0.2, 0) is 4.79 Å². The van der Waals surface area contributed by atoms with E-state index >= 15 is 0 Å². The van der Waals surface area contributed by atoms with Crippen molar-refractivity contribution in [2.45, 2.75) is 59.2 Å². The molecule has 2 N–H and O–H groups in total. The third-order valence-corrected chi connectivity index (χ3v) is 3.37. The zero-order chi connectivity index (χ0) is 15.8. The van der Waals surface area contributed by atoms with Gasteiger partial charge in [-0.05, 0) is 39.3 Å². The van der Waals surface area contributed by atoms with Gasteiger partial charge in [0.25, 0.3) is 5.91 Å². The number of unbranched alkanes of at least 4 members (excludes halogenated alkanes) is 2. The zero-order valence-electron chi connectivity index (χ0n) is 13.5. The van der Waals surface area contributed by atoms with Crippen LogP contribution in [0.15, 0.2) is 18.2 Å². The first-order chi connectivity index (χ1) is 9.95. The van der Waals surface area contributed by atoms with Crippen molar-refractivity contribution in [3.63, 3.8) is 0 Å². The van der Waals surface area contributed by atoms with Gasteiger partial charge in [-0.25, -0.2) is 0 Å². The summed E-state index contributed by atoms with van der Waals surface area (Å²) in [5, 5.41) is 12.7. The lowest BCUT2D eigenvalue weighted by atomic mass is 10.1. The van der Waals surface area contributed by atoms with Crippen LogP contribution in [0.5, 0.6) is 5.75 Å². The van der Waals surface area contributed by atoms with Gasteiger partial charge in [-0.15, -0.1) is 0 Å². The smallest absolute Gasteiger partial charge is 0.260 e. The first-order valence-electron chi connectivity index (χ1n) is 7.68. The Balaban J connectivity index is 2.61. The third kappa shape index (κ3) is 5.76. The Labute approximate surface area is 127 Å². The third-order valence-electron chi connectivity index (χ3n) is 3.37. The van der Waals surface area contributed by atoms with E-state index in [-0.39, 0.29) is 5.91 Å². The molecule has 0 radical (unpaired) electrons. The summed E-state index contributed by atoms with van der Waals surface area (Å²) in [5.41, 5.74) is 1.76. The zero-order valence-corrected chi connectivity index (χ0v) is 13.5. The number of amides is 1. The maximum Gasteiger partial charge on any atom is 0.260 e. The summed E-state index contributed by atoms with van der Waals surface area (Å²) >= 11 is 0. The average molecular weight is 293 g/mol. The molecule has 0 saturated carbocycles. The van der Waals surface area contributed by atoms with Gasteiger partial charge in [0.15, 0.2) is 6.10 Å². The average Bonchev–Trinajstić information content (AvgIpc) is 2.44. The molecule has 118 valence electrons. The lowest BCUT2D eigenvalue weighted by Gasteiger charge is -2.19. The van der Waals surface area contributed by atoms with Crippen molar-refractivity contribution in [1.82, 2.24) is 5.32 Å². The lowest BCUT2D eigenvalue weighted by molar-refractivity contribution is -0.127. The molecule has 0 aliphatic carbocycles. The summed E-state index contributed by atoms with van der Waals surface area (Å²) in [4.78, 5) is 12.0. The van der Waals surface area contributed by atoms with Crippen molar-refractivity contribution in [2.24, 2.45) is 0 Å². The van der Waals surface area contributed by atoms with Gasteiger partial charge < -0.3 is 15.2 Å². The van der Waals surface area contributed by atoms with Crippen LogP contribution in [0.25, 0.3) is 0 Å². The number of aliphatic hydroxyl groups excluding tert-OH is 1. The molecule has 0 bridgehead atoms. The molecule has 0 fully saturated rings. The largest absolute Gasteiger partial charge is 0.481 e. The van der Waals surface area contributed by atoms with Gasteiger partial charge in [0.1, 0.15) is 5.75 Å². The van der Waals surface area contributed by atoms with Gasteiger partial charge >= 0.3 is 0 Å². The molecule has 1 amide bonds. The molecule has 2 unspecified atom stereocenters. The van der Waals surface area contributed by atoms with Gasteiger partial charge in [-0.3, -0.25) is 4.79 Å². The van der Waals surface area contributed by atoms with Gasteiger partial charge in [-0.2, -0.15) is 0 Å². The van der Waals surface area contributed by atoms with Crippen molar-refractivity contribution in [2.75, 3.05) is 6.54 Å². The number of carbonyl (C=O) groups excluding carboxylic acids is 1. The number of hydrogen-bond acceptors (Lipinski definition) is 3. The molecule has 0 aromatic heterocycles. The second-order valence-electron chi connectivity index (χ2n) is 5.48. The molecule has 0 aliphatic heterocycles. The van der Waals surface area contributed by atoms with Gasteiger partial charge in [0.05, 0.1) is 6.10 Å². The fourth-order valence-corrected chi connectivity index (χ4v) is 2.08. The number of nitrogens with one attached hydrogen (secondary N) is 1. The minimum atomic E-state index is -0.625. The van der Waals surface area contributed by atoms with Crippen LogP contribution in [0.2, 0.25) is 0 Å². The molecular formula is C17H27NO3. The lowest BCUT2D eigenvalue weighted by Crippen LogP contribution is -2.37. The molecule has 21 heavy (non-hydrogen) atoms. The minimum absolute atomic E-state index is 0.122. The van der Waals surface area contributed by atoms with Gasteiger partial charge in [-0.1, -0.05) is 31.4 Å². The van der Waals surface area contributed by atoms with E-state index in [0.717, 1.165) is 24.8 Å². The maximum absolute atomic E-state index is 12.0. The van der Waals surface area contributed by atoms with Crippen LogP contribution in [0, 0.1) is 6.92 Å². The second-order valence-corrected chi connectivity index (χ2v) is 5.48. The van der Waals surface area contributed by atoms with E-state index in [1.54, 1.807) is 19.9 Å². The van der Waals surface area contributed by atoms with E-state index in [0.29, 0.717) is 17.9 Å². The number of ether oxygens (including phenoxy) is 1. The summed E-state index contributed by atoms with van der Waals surface area (Å²) in [5.74, 6) is 0.440. The Morgan fingerprint density at radius 1 is 1.33 bits per heavy atom. The van der Waals surface area contributed by atoms with Gasteiger partial charge in [0.2, 0.25) is 0 Å². The molecule has 1 rings (SSSR count). The summed E-state index contributed by atoms with van der Waals surface area (Å²) < 4.78 is 5.71. The topological polar surface area (TPSA) is 58.6 Å². The molecule has 0 spiro atoms. The monoisotopic (exact) mass is 293 g/mol. The van der Waals surface area contributed by atoms with Crippen molar-refractivity contribution in [3.8, 4) is 5.75 Å². The highest BCUT2D eigenvalue weighted by atomic mass is 16.5. The van der Waals surface area contributed by atoms with E-state index in [1.807, 2.05) is 19.1 Å². The summed E-state index contributed by atoms with van der Waals surface area (Å²) in [7, 11) is 0. The molecule has 4 heteroatoms. The minimum Gasteiger partial charge on any atom is -0.481 e. The van der Waals surface area contributed by atoms with E-state index in [1.165, 1.54) is 0 Å². The Morgan fingerprint density at radius 2 is 2.05 bits per heavy atom. The molecule has 2 atom stereocenters. The quantitative estimate of drug-likeness (QED) is 0.724. The molecule has 0 aliphatic rings. The van der Waals surface area contributed by atoms with Crippen LogP contribution in [0.4, 0.5) is 0 Å². The van der Waals surface area contributed by atoms with Crippen molar-refractivity contribution in [1.29, 1.82) is 0 Å². The number of benzene rings is 1. The molecule has 1 aromatic rings. The van der Waals surface area contributed by atoms with Crippen LogP contribution in [0.1, 0.15) is 57.3 Å². The number of carbonyl (C=O) groups is 1. The molecule has 4 nitrogen and oxygen atoms in total. The number of hydrogen-bond donors (Lipinski definition) is 2. The second kappa shape index (κ2) is 8.67. The van der Waals surface area contributed by atoms with Crippen molar-refractivity contribution >= 4 is 5.91 Å². The van der Waals surface area contributed by atoms with Crippen LogP contribution >= 0.6 is 0 Å². The standard InChI is InChI=1S/C17H27NO3/c1-5-6-7-10-18-17(20)14(4)21-16-9-8-12(2)11-15(16)13(3)19/h8-9,11,13-14,19H,5-7,10H2,1-4H3,(H,18,20). The first-order valence-corrected chi connectivity index (χ1v) is 7.68. The van der Waals surface area contributed by atoms with Crippen LogP contribution in [-0.4, -0.2) is 23.7 Å². The fraction of sp³-hybridized carbons (Fsp3) is 0.588.